The number of carbonyl (C=O) groups is 1. The molecule has 14 heavy (non-hydrogen) atoms. The van der Waals surface area contributed by atoms with Gasteiger partial charge in [0.25, 0.3) is 6.43 Å². The summed E-state index contributed by atoms with van der Waals surface area (Å²) in [7, 11) is 0. The van der Waals surface area contributed by atoms with Gasteiger partial charge in [-0.15, -0.1) is 0 Å². The second-order valence-electron chi connectivity index (χ2n) is 2.36. The average Bonchev–Trinajstić information content (AvgIpc) is 2.16. The van der Waals surface area contributed by atoms with Crippen molar-refractivity contribution in [2.75, 3.05) is 0 Å². The molecule has 72 valence electrons. The number of hydrogen-bond acceptors (Lipinski definition) is 4. The number of hydrogen-bond donors (Lipinski definition) is 1. The maximum Gasteiger partial charge on any atom is 0.281 e. The number of nitriles is 1. The van der Waals surface area contributed by atoms with Crippen LogP contribution in [0.1, 0.15) is 28.2 Å². The van der Waals surface area contributed by atoms with E-state index in [-0.39, 0.29) is 6.29 Å². The predicted octanol–water partition coefficient (Wildman–Crippen LogP) is 1.41. The van der Waals surface area contributed by atoms with E-state index in [9.17, 15) is 13.6 Å². The van der Waals surface area contributed by atoms with Gasteiger partial charge < -0.3 is 5.11 Å². The first-order chi connectivity index (χ1) is 6.60. The van der Waals surface area contributed by atoms with E-state index in [0.29, 0.717) is 0 Å². The van der Waals surface area contributed by atoms with Gasteiger partial charge in [-0.2, -0.15) is 5.26 Å². The van der Waals surface area contributed by atoms with Crippen LogP contribution in [-0.4, -0.2) is 16.4 Å². The van der Waals surface area contributed by atoms with Crippen molar-refractivity contribution < 1.29 is 18.7 Å². The maximum absolute atomic E-state index is 12.3. The number of alkyl halides is 2. The number of aromatic nitrogens is 1. The fraction of sp³-hybridized carbons (Fsp3) is 0.125. The first-order valence-corrected chi connectivity index (χ1v) is 3.47. The highest BCUT2D eigenvalue weighted by Gasteiger charge is 2.18. The number of aldehydes is 1. The minimum absolute atomic E-state index is 0.141. The highest BCUT2D eigenvalue weighted by Crippen LogP contribution is 2.24. The van der Waals surface area contributed by atoms with E-state index in [2.05, 4.69) is 4.98 Å². The lowest BCUT2D eigenvalue weighted by Crippen LogP contribution is -1.99. The molecule has 1 heterocycles. The van der Waals surface area contributed by atoms with Gasteiger partial charge in [0.05, 0.1) is 5.56 Å². The largest absolute Gasteiger partial charge is 0.506 e. The summed E-state index contributed by atoms with van der Waals surface area (Å²) in [5.41, 5.74) is -1.74. The molecule has 1 N–H and O–H groups in total. The van der Waals surface area contributed by atoms with Crippen molar-refractivity contribution in [3.63, 3.8) is 0 Å². The minimum atomic E-state index is -2.95. The smallest absolute Gasteiger partial charge is 0.281 e. The van der Waals surface area contributed by atoms with Gasteiger partial charge in [-0.25, -0.2) is 13.8 Å². The number of carbonyl (C=O) groups excluding carboxylic acids is 1. The Bertz CT molecular complexity index is 413. The van der Waals surface area contributed by atoms with Crippen LogP contribution in [0, 0.1) is 11.3 Å². The second kappa shape index (κ2) is 3.79. The Kier molecular flexibility index (Phi) is 2.72. The van der Waals surface area contributed by atoms with Gasteiger partial charge in [0, 0.05) is 6.07 Å². The zero-order valence-electron chi connectivity index (χ0n) is 6.74. The Morgan fingerprint density at radius 2 is 2.29 bits per heavy atom. The molecule has 6 heteroatoms. The van der Waals surface area contributed by atoms with Crippen LogP contribution in [0.4, 0.5) is 8.78 Å². The number of nitrogens with zero attached hydrogens (tertiary/aromatic N) is 2. The molecule has 0 aliphatic carbocycles. The van der Waals surface area contributed by atoms with Crippen molar-refractivity contribution in [2.45, 2.75) is 6.43 Å². The standard InChI is InChI=1S/C8H4F2N2O2/c9-8(10)7-4(2-11)1-6(14)5(3-13)12-7/h1,3,8,14H. The fourth-order valence-electron chi connectivity index (χ4n) is 0.874. The van der Waals surface area contributed by atoms with Crippen molar-refractivity contribution in [3.8, 4) is 11.8 Å². The van der Waals surface area contributed by atoms with E-state index in [1.54, 1.807) is 0 Å². The number of halogens is 2. The second-order valence-corrected chi connectivity index (χ2v) is 2.36. The van der Waals surface area contributed by atoms with Crippen molar-refractivity contribution in [3.05, 3.63) is 23.0 Å². The van der Waals surface area contributed by atoms with E-state index in [1.165, 1.54) is 6.07 Å². The molecular formula is C8H4F2N2O2. The number of rotatable bonds is 2. The maximum atomic E-state index is 12.3. The topological polar surface area (TPSA) is 74.0 Å². The van der Waals surface area contributed by atoms with Gasteiger partial charge in [0.2, 0.25) is 0 Å². The summed E-state index contributed by atoms with van der Waals surface area (Å²) in [6.45, 7) is 0. The Morgan fingerprint density at radius 1 is 1.64 bits per heavy atom. The molecule has 4 nitrogen and oxygen atoms in total. The van der Waals surface area contributed by atoms with Crippen LogP contribution in [0.15, 0.2) is 6.07 Å². The first kappa shape index (κ1) is 10.1. The van der Waals surface area contributed by atoms with Gasteiger partial charge in [0.15, 0.2) is 6.29 Å². The monoisotopic (exact) mass is 198 g/mol. The average molecular weight is 198 g/mol. The Balaban J connectivity index is 3.41. The van der Waals surface area contributed by atoms with Gasteiger partial charge in [-0.3, -0.25) is 4.79 Å². The summed E-state index contributed by atoms with van der Waals surface area (Å²) < 4.78 is 24.5. The molecule has 0 amide bonds. The molecule has 0 aliphatic rings. The van der Waals surface area contributed by atoms with Crippen LogP contribution in [0.5, 0.6) is 5.75 Å². The highest BCUT2D eigenvalue weighted by molar-refractivity contribution is 5.76. The van der Waals surface area contributed by atoms with Crippen LogP contribution < -0.4 is 0 Å². The molecule has 0 aromatic carbocycles. The SMILES string of the molecule is N#Cc1cc(O)c(C=O)nc1C(F)F. The lowest BCUT2D eigenvalue weighted by Gasteiger charge is -2.03. The molecular weight excluding hydrogens is 194 g/mol. The normalized spacial score (nSPS) is 9.86. The predicted molar refractivity (Wildman–Crippen MR) is 41.0 cm³/mol. The first-order valence-electron chi connectivity index (χ1n) is 3.47. The van der Waals surface area contributed by atoms with Gasteiger partial charge in [-0.05, 0) is 0 Å². The third-order valence-electron chi connectivity index (χ3n) is 1.50. The molecule has 1 aromatic heterocycles. The molecule has 0 unspecified atom stereocenters. The van der Waals surface area contributed by atoms with Crippen molar-refractivity contribution in [1.29, 1.82) is 5.26 Å². The zero-order chi connectivity index (χ0) is 10.7. The fourth-order valence-corrected chi connectivity index (χ4v) is 0.874. The summed E-state index contributed by atoms with van der Waals surface area (Å²) in [5.74, 6) is -0.582. The molecule has 0 saturated carbocycles. The molecule has 0 atom stereocenters. The van der Waals surface area contributed by atoms with E-state index in [1.807, 2.05) is 0 Å². The molecule has 0 bridgehead atoms. The third-order valence-corrected chi connectivity index (χ3v) is 1.50. The van der Waals surface area contributed by atoms with Crippen LogP contribution in [0.25, 0.3) is 0 Å². The minimum Gasteiger partial charge on any atom is -0.506 e. The molecule has 1 aromatic rings. The lowest BCUT2D eigenvalue weighted by atomic mass is 10.2. The van der Waals surface area contributed by atoms with E-state index >= 15 is 0 Å². The summed E-state index contributed by atoms with van der Waals surface area (Å²) in [6, 6.07) is 2.24. The zero-order valence-corrected chi connectivity index (χ0v) is 6.74. The quantitative estimate of drug-likeness (QED) is 0.729. The Labute approximate surface area is 77.4 Å². The van der Waals surface area contributed by atoms with E-state index < -0.39 is 29.1 Å². The van der Waals surface area contributed by atoms with Crippen molar-refractivity contribution >= 4 is 6.29 Å². The molecule has 1 rings (SSSR count). The van der Waals surface area contributed by atoms with Crippen LogP contribution in [-0.2, 0) is 0 Å². The number of pyridine rings is 1. The van der Waals surface area contributed by atoms with Crippen LogP contribution in [0.3, 0.4) is 0 Å². The summed E-state index contributed by atoms with van der Waals surface area (Å²) >= 11 is 0. The Hall–Kier alpha value is -2.03. The molecule has 0 aliphatic heterocycles. The molecule has 0 spiro atoms. The third kappa shape index (κ3) is 1.66. The highest BCUT2D eigenvalue weighted by atomic mass is 19.3. The summed E-state index contributed by atoms with van der Waals surface area (Å²) in [5, 5.41) is 17.5. The van der Waals surface area contributed by atoms with Crippen LogP contribution in [0.2, 0.25) is 0 Å². The summed E-state index contributed by atoms with van der Waals surface area (Å²) in [6.07, 6.45) is -2.81. The molecule has 0 saturated heterocycles. The Morgan fingerprint density at radius 3 is 2.71 bits per heavy atom. The van der Waals surface area contributed by atoms with Crippen molar-refractivity contribution in [2.24, 2.45) is 0 Å². The van der Waals surface area contributed by atoms with Crippen molar-refractivity contribution in [1.82, 2.24) is 4.98 Å². The molecule has 0 radical (unpaired) electrons. The van der Waals surface area contributed by atoms with Gasteiger partial charge in [0.1, 0.15) is 23.2 Å². The van der Waals surface area contributed by atoms with E-state index in [0.717, 1.165) is 6.07 Å². The van der Waals surface area contributed by atoms with Crippen LogP contribution >= 0.6 is 0 Å². The molecule has 0 fully saturated rings. The van der Waals surface area contributed by atoms with Gasteiger partial charge >= 0.3 is 0 Å². The van der Waals surface area contributed by atoms with E-state index in [4.69, 9.17) is 10.4 Å². The van der Waals surface area contributed by atoms with Gasteiger partial charge in [-0.1, -0.05) is 0 Å². The number of aromatic hydroxyl groups is 1. The lowest BCUT2D eigenvalue weighted by molar-refractivity contribution is 0.111. The summed E-state index contributed by atoms with van der Waals surface area (Å²) in [4.78, 5) is 13.4.